The van der Waals surface area contributed by atoms with Gasteiger partial charge in [0.05, 0.1) is 0 Å². The van der Waals surface area contributed by atoms with E-state index in [9.17, 15) is 0 Å². The Hall–Kier alpha value is -0.820. The van der Waals surface area contributed by atoms with E-state index in [2.05, 4.69) is 71.1 Å². The van der Waals surface area contributed by atoms with Gasteiger partial charge >= 0.3 is 0 Å². The molecular formula is C18H29N. The number of benzene rings is 1. The molecule has 0 spiro atoms. The van der Waals surface area contributed by atoms with Crippen LogP contribution in [0.1, 0.15) is 59.1 Å². The van der Waals surface area contributed by atoms with Crippen molar-refractivity contribution in [3.8, 4) is 0 Å². The summed E-state index contributed by atoms with van der Waals surface area (Å²) in [6.07, 6.45) is 1.32. The maximum absolute atomic E-state index is 3.57. The average molecular weight is 259 g/mol. The zero-order chi connectivity index (χ0) is 14.3. The molecule has 19 heavy (non-hydrogen) atoms. The molecule has 1 fully saturated rings. The Labute approximate surface area is 118 Å². The Bertz CT molecular complexity index is 424. The van der Waals surface area contributed by atoms with E-state index >= 15 is 0 Å². The van der Waals surface area contributed by atoms with Crippen molar-refractivity contribution < 1.29 is 0 Å². The van der Waals surface area contributed by atoms with Gasteiger partial charge in [-0.2, -0.15) is 0 Å². The summed E-state index contributed by atoms with van der Waals surface area (Å²) in [5.74, 6) is 0.801. The molecule has 0 aromatic heterocycles. The van der Waals surface area contributed by atoms with Gasteiger partial charge in [0.25, 0.3) is 0 Å². The lowest BCUT2D eigenvalue weighted by Crippen LogP contribution is -2.26. The second-order valence-corrected chi connectivity index (χ2v) is 7.71. The first-order valence-electron chi connectivity index (χ1n) is 7.58. The van der Waals surface area contributed by atoms with E-state index in [4.69, 9.17) is 0 Å². The first-order valence-corrected chi connectivity index (χ1v) is 7.58. The average Bonchev–Trinajstić information content (AvgIpc) is 2.98. The Morgan fingerprint density at radius 3 is 2.26 bits per heavy atom. The van der Waals surface area contributed by atoms with Crippen LogP contribution in [0, 0.1) is 5.92 Å². The van der Waals surface area contributed by atoms with Crippen molar-refractivity contribution in [1.82, 2.24) is 5.32 Å². The third-order valence-corrected chi connectivity index (χ3v) is 4.59. The van der Waals surface area contributed by atoms with Crippen molar-refractivity contribution in [2.45, 2.75) is 64.8 Å². The van der Waals surface area contributed by atoms with Gasteiger partial charge < -0.3 is 5.32 Å². The highest BCUT2D eigenvalue weighted by atomic mass is 14.9. The molecule has 2 unspecified atom stereocenters. The molecule has 2 atom stereocenters. The van der Waals surface area contributed by atoms with Crippen molar-refractivity contribution in [1.29, 1.82) is 0 Å². The largest absolute Gasteiger partial charge is 0.314 e. The van der Waals surface area contributed by atoms with Crippen LogP contribution in [-0.2, 0) is 10.8 Å². The van der Waals surface area contributed by atoms with Crippen LogP contribution in [0.4, 0.5) is 0 Å². The molecule has 106 valence electrons. The van der Waals surface area contributed by atoms with Crippen molar-refractivity contribution in [3.05, 3.63) is 35.4 Å². The highest BCUT2D eigenvalue weighted by molar-refractivity contribution is 5.36. The monoisotopic (exact) mass is 259 g/mol. The van der Waals surface area contributed by atoms with E-state index in [0.717, 1.165) is 12.5 Å². The molecule has 1 aliphatic rings. The number of hydrogen-bond donors (Lipinski definition) is 1. The van der Waals surface area contributed by atoms with Gasteiger partial charge in [-0.3, -0.25) is 0 Å². The molecule has 0 bridgehead atoms. The first kappa shape index (κ1) is 14.6. The van der Waals surface area contributed by atoms with Gasteiger partial charge in [-0.1, -0.05) is 65.8 Å². The molecular weight excluding hydrogens is 230 g/mol. The van der Waals surface area contributed by atoms with E-state index in [-0.39, 0.29) is 5.41 Å². The van der Waals surface area contributed by atoms with Crippen LogP contribution in [0.5, 0.6) is 0 Å². The lowest BCUT2D eigenvalue weighted by atomic mass is 9.85. The van der Waals surface area contributed by atoms with Crippen LogP contribution < -0.4 is 5.32 Å². The molecule has 1 nitrogen and oxygen atoms in total. The van der Waals surface area contributed by atoms with E-state index in [1.54, 1.807) is 0 Å². The highest BCUT2D eigenvalue weighted by Crippen LogP contribution is 2.53. The van der Waals surface area contributed by atoms with E-state index < -0.39 is 0 Å². The van der Waals surface area contributed by atoms with Crippen LogP contribution in [-0.4, -0.2) is 12.6 Å². The summed E-state index contributed by atoms with van der Waals surface area (Å²) in [5, 5.41) is 3.57. The summed E-state index contributed by atoms with van der Waals surface area (Å²) in [6, 6.07) is 9.90. The third-order valence-electron chi connectivity index (χ3n) is 4.59. The highest BCUT2D eigenvalue weighted by Gasteiger charge is 2.50. The fourth-order valence-electron chi connectivity index (χ4n) is 2.83. The van der Waals surface area contributed by atoms with Gasteiger partial charge in [0.1, 0.15) is 0 Å². The molecule has 0 aliphatic heterocycles. The zero-order valence-corrected chi connectivity index (χ0v) is 13.4. The van der Waals surface area contributed by atoms with Gasteiger partial charge in [-0.15, -0.1) is 0 Å². The summed E-state index contributed by atoms with van der Waals surface area (Å²) in [5.41, 5.74) is 3.59. The maximum atomic E-state index is 3.57. The summed E-state index contributed by atoms with van der Waals surface area (Å²) < 4.78 is 0. The Morgan fingerprint density at radius 1 is 1.21 bits per heavy atom. The number of rotatable bonds is 4. The van der Waals surface area contributed by atoms with Gasteiger partial charge in [-0.05, 0) is 40.8 Å². The molecule has 0 heterocycles. The van der Waals surface area contributed by atoms with E-state index in [1.165, 1.54) is 17.5 Å². The normalized spacial score (nSPS) is 26.8. The standard InChI is InChI=1S/C18H29N/c1-13(2)19-12-16-11-18(16,6)15-9-7-14(8-10-15)17(3,4)5/h7-10,13,16,19H,11-12H2,1-6H3. The molecule has 0 radical (unpaired) electrons. The summed E-state index contributed by atoms with van der Waals surface area (Å²) in [6.45, 7) is 14.8. The predicted molar refractivity (Wildman–Crippen MR) is 83.7 cm³/mol. The predicted octanol–water partition coefficient (Wildman–Crippen LogP) is 4.26. The molecule has 1 saturated carbocycles. The third kappa shape index (κ3) is 3.20. The minimum atomic E-state index is 0.252. The molecule has 1 aliphatic carbocycles. The van der Waals surface area contributed by atoms with Crippen molar-refractivity contribution >= 4 is 0 Å². The lowest BCUT2D eigenvalue weighted by molar-refractivity contribution is 0.528. The molecule has 2 rings (SSSR count). The smallest absolute Gasteiger partial charge is 0.00104 e. The Kier molecular flexibility index (Phi) is 3.79. The van der Waals surface area contributed by atoms with Gasteiger partial charge in [0.15, 0.2) is 0 Å². The lowest BCUT2D eigenvalue weighted by Gasteiger charge is -2.20. The summed E-state index contributed by atoms with van der Waals surface area (Å²) >= 11 is 0. The maximum Gasteiger partial charge on any atom is 0.00104 e. The fourth-order valence-corrected chi connectivity index (χ4v) is 2.83. The number of nitrogens with one attached hydrogen (secondary N) is 1. The zero-order valence-electron chi connectivity index (χ0n) is 13.4. The topological polar surface area (TPSA) is 12.0 Å². The molecule has 0 saturated heterocycles. The van der Waals surface area contributed by atoms with E-state index in [1.807, 2.05) is 0 Å². The van der Waals surface area contributed by atoms with Crippen molar-refractivity contribution in [3.63, 3.8) is 0 Å². The van der Waals surface area contributed by atoms with Gasteiger partial charge in [-0.25, -0.2) is 0 Å². The minimum absolute atomic E-state index is 0.252. The molecule has 1 aromatic rings. The van der Waals surface area contributed by atoms with Crippen LogP contribution >= 0.6 is 0 Å². The number of hydrogen-bond acceptors (Lipinski definition) is 1. The second kappa shape index (κ2) is 4.94. The van der Waals surface area contributed by atoms with Crippen molar-refractivity contribution in [2.24, 2.45) is 5.92 Å². The summed E-state index contributed by atoms with van der Waals surface area (Å²) in [4.78, 5) is 0. The van der Waals surface area contributed by atoms with Gasteiger partial charge in [0.2, 0.25) is 0 Å². The van der Waals surface area contributed by atoms with E-state index in [0.29, 0.717) is 11.5 Å². The summed E-state index contributed by atoms with van der Waals surface area (Å²) in [7, 11) is 0. The second-order valence-electron chi connectivity index (χ2n) is 7.71. The van der Waals surface area contributed by atoms with Crippen molar-refractivity contribution in [2.75, 3.05) is 6.54 Å². The molecule has 1 N–H and O–H groups in total. The SMILES string of the molecule is CC(C)NCC1CC1(C)c1ccc(C(C)(C)C)cc1. The Morgan fingerprint density at radius 2 is 1.79 bits per heavy atom. The van der Waals surface area contributed by atoms with Crippen LogP contribution in [0.2, 0.25) is 0 Å². The molecule has 0 amide bonds. The quantitative estimate of drug-likeness (QED) is 0.852. The van der Waals surface area contributed by atoms with Crippen LogP contribution in [0.25, 0.3) is 0 Å². The Balaban J connectivity index is 2.04. The fraction of sp³-hybridized carbons (Fsp3) is 0.667. The van der Waals surface area contributed by atoms with Crippen LogP contribution in [0.3, 0.4) is 0 Å². The van der Waals surface area contributed by atoms with Gasteiger partial charge in [0, 0.05) is 6.04 Å². The minimum Gasteiger partial charge on any atom is -0.314 e. The first-order chi connectivity index (χ1) is 8.73. The molecule has 1 heteroatoms. The van der Waals surface area contributed by atoms with Crippen LogP contribution in [0.15, 0.2) is 24.3 Å². The molecule has 1 aromatic carbocycles.